The van der Waals surface area contributed by atoms with Gasteiger partial charge in [0, 0.05) is 37.9 Å². The predicted octanol–water partition coefficient (Wildman–Crippen LogP) is 3.29. The largest absolute Gasteiger partial charge is 0.497 e. The molecule has 0 spiro atoms. The van der Waals surface area contributed by atoms with Gasteiger partial charge in [0.15, 0.2) is 11.5 Å². The third-order valence-electron chi connectivity index (χ3n) is 6.26. The first-order valence-corrected chi connectivity index (χ1v) is 12.1. The molecule has 0 saturated carbocycles. The molecule has 11 heteroatoms. The highest BCUT2D eigenvalue weighted by molar-refractivity contribution is 5.92. The van der Waals surface area contributed by atoms with Crippen molar-refractivity contribution in [2.45, 2.75) is 6.54 Å². The van der Waals surface area contributed by atoms with Crippen LogP contribution < -0.4 is 10.1 Å². The highest BCUT2D eigenvalue weighted by Crippen LogP contribution is 2.25. The summed E-state index contributed by atoms with van der Waals surface area (Å²) >= 11 is 0. The van der Waals surface area contributed by atoms with E-state index < -0.39 is 0 Å². The number of benzene rings is 2. The van der Waals surface area contributed by atoms with Crippen LogP contribution in [0.1, 0.15) is 5.56 Å². The molecule has 0 radical (unpaired) electrons. The summed E-state index contributed by atoms with van der Waals surface area (Å²) in [5.74, 6) is 1.18. The minimum Gasteiger partial charge on any atom is -0.497 e. The summed E-state index contributed by atoms with van der Waals surface area (Å²) in [6.07, 6.45) is 3.14. The maximum atomic E-state index is 12.4. The highest BCUT2D eigenvalue weighted by Gasteiger charge is 2.16. The molecule has 1 saturated heterocycles. The van der Waals surface area contributed by atoms with Gasteiger partial charge in [-0.2, -0.15) is 10.2 Å². The van der Waals surface area contributed by atoms with Gasteiger partial charge >= 0.3 is 0 Å². The standard InChI is InChI=1S/C26H29N9O2/c1-33-10-12-34(13-11-33)17-24(36)31-20-8-6-19(7-9-20)15-29-32-25-23-16-30-35(26(23)28-18-27-25)21-4-3-5-22(14-21)37-2/h3-9,14,16,18H,10-13,15,17H2,1-2H3,(H,31,36). The smallest absolute Gasteiger partial charge is 0.238 e. The van der Waals surface area contributed by atoms with E-state index in [4.69, 9.17) is 4.74 Å². The van der Waals surface area contributed by atoms with Crippen molar-refractivity contribution in [3.8, 4) is 11.4 Å². The third-order valence-corrected chi connectivity index (χ3v) is 6.26. The molecule has 11 nitrogen and oxygen atoms in total. The molecule has 0 aliphatic carbocycles. The fraction of sp³-hybridized carbons (Fsp3) is 0.308. The van der Waals surface area contributed by atoms with Gasteiger partial charge in [0.25, 0.3) is 0 Å². The lowest BCUT2D eigenvalue weighted by atomic mass is 10.2. The third kappa shape index (κ3) is 5.96. The van der Waals surface area contributed by atoms with Crippen LogP contribution >= 0.6 is 0 Å². The van der Waals surface area contributed by atoms with Crippen molar-refractivity contribution in [1.82, 2.24) is 29.5 Å². The number of hydrogen-bond acceptors (Lipinski definition) is 9. The van der Waals surface area contributed by atoms with Crippen LogP contribution in [0.3, 0.4) is 0 Å². The molecular weight excluding hydrogens is 470 g/mol. The van der Waals surface area contributed by atoms with E-state index in [1.165, 1.54) is 6.33 Å². The second-order valence-corrected chi connectivity index (χ2v) is 8.92. The molecule has 190 valence electrons. The van der Waals surface area contributed by atoms with Crippen molar-refractivity contribution in [2.75, 3.05) is 52.2 Å². The number of methoxy groups -OCH3 is 1. The normalized spacial score (nSPS) is 14.9. The Morgan fingerprint density at radius 3 is 2.68 bits per heavy atom. The quantitative estimate of drug-likeness (QED) is 0.370. The summed E-state index contributed by atoms with van der Waals surface area (Å²) in [6.45, 7) is 4.59. The number of carbonyl (C=O) groups is 1. The topological polar surface area (TPSA) is 113 Å². The molecule has 0 bridgehead atoms. The monoisotopic (exact) mass is 499 g/mol. The zero-order valence-electron chi connectivity index (χ0n) is 20.9. The first kappa shape index (κ1) is 24.5. The van der Waals surface area contributed by atoms with Crippen molar-refractivity contribution in [2.24, 2.45) is 10.2 Å². The molecule has 3 heterocycles. The minimum atomic E-state index is -0.000683. The fourth-order valence-electron chi connectivity index (χ4n) is 4.13. The van der Waals surface area contributed by atoms with Crippen LogP contribution in [0.15, 0.2) is 71.3 Å². The SMILES string of the molecule is COc1cccc(-n2ncc3c(N=NCc4ccc(NC(=O)CN5CCN(C)CC5)cc4)ncnc32)c1. The molecule has 1 fully saturated rings. The van der Waals surface area contributed by atoms with Crippen molar-refractivity contribution >= 4 is 28.4 Å². The Labute approximate surface area is 214 Å². The Balaban J connectivity index is 1.20. The number of nitrogens with zero attached hydrogens (tertiary/aromatic N) is 8. The van der Waals surface area contributed by atoms with Crippen molar-refractivity contribution in [3.05, 3.63) is 66.6 Å². The number of hydrogen-bond donors (Lipinski definition) is 1. The van der Waals surface area contributed by atoms with Crippen LogP contribution in [-0.2, 0) is 11.3 Å². The summed E-state index contributed by atoms with van der Waals surface area (Å²) < 4.78 is 7.03. The summed E-state index contributed by atoms with van der Waals surface area (Å²) in [7, 11) is 3.73. The molecule has 5 rings (SSSR count). The Morgan fingerprint density at radius 1 is 1.08 bits per heavy atom. The molecule has 37 heavy (non-hydrogen) atoms. The number of anilines is 1. The van der Waals surface area contributed by atoms with E-state index in [2.05, 4.69) is 47.5 Å². The van der Waals surface area contributed by atoms with Crippen molar-refractivity contribution in [3.63, 3.8) is 0 Å². The molecule has 1 amide bonds. The average molecular weight is 500 g/mol. The summed E-state index contributed by atoms with van der Waals surface area (Å²) in [5, 5.41) is 16.8. The van der Waals surface area contributed by atoms with Crippen LogP contribution in [0.4, 0.5) is 11.5 Å². The molecule has 0 unspecified atom stereocenters. The summed E-state index contributed by atoms with van der Waals surface area (Å²) in [5.41, 5.74) is 3.20. The van der Waals surface area contributed by atoms with Crippen LogP contribution in [0.2, 0.25) is 0 Å². The number of rotatable bonds is 8. The van der Waals surface area contributed by atoms with E-state index in [1.54, 1.807) is 18.0 Å². The Kier molecular flexibility index (Phi) is 7.43. The number of aromatic nitrogens is 4. The number of carbonyl (C=O) groups excluding carboxylic acids is 1. The van der Waals surface area contributed by atoms with Crippen LogP contribution in [0.5, 0.6) is 5.75 Å². The van der Waals surface area contributed by atoms with Gasteiger partial charge < -0.3 is 15.0 Å². The Hall–Kier alpha value is -4.22. The maximum Gasteiger partial charge on any atom is 0.238 e. The number of piperazine rings is 1. The molecule has 0 atom stereocenters. The average Bonchev–Trinajstić information content (AvgIpc) is 3.36. The van der Waals surface area contributed by atoms with Gasteiger partial charge in [0.05, 0.1) is 37.5 Å². The number of nitrogens with one attached hydrogen (secondary N) is 1. The van der Waals surface area contributed by atoms with E-state index in [0.29, 0.717) is 29.9 Å². The first-order chi connectivity index (χ1) is 18.1. The molecule has 1 N–H and O–H groups in total. The number of azo groups is 1. The highest BCUT2D eigenvalue weighted by atomic mass is 16.5. The number of fused-ring (bicyclic) bond motifs is 1. The van der Waals surface area contributed by atoms with E-state index >= 15 is 0 Å². The molecule has 2 aromatic carbocycles. The first-order valence-electron chi connectivity index (χ1n) is 12.1. The molecule has 2 aromatic heterocycles. The lowest BCUT2D eigenvalue weighted by molar-refractivity contribution is -0.117. The van der Waals surface area contributed by atoms with Gasteiger partial charge in [-0.1, -0.05) is 18.2 Å². The van der Waals surface area contributed by atoms with E-state index in [1.807, 2.05) is 48.5 Å². The zero-order chi connectivity index (χ0) is 25.6. The lowest BCUT2D eigenvalue weighted by Crippen LogP contribution is -2.47. The summed E-state index contributed by atoms with van der Waals surface area (Å²) in [6, 6.07) is 15.2. The molecule has 4 aromatic rings. The Bertz CT molecular complexity index is 1390. The van der Waals surface area contributed by atoms with Gasteiger partial charge in [-0.3, -0.25) is 9.69 Å². The number of likely N-dealkylation sites (N-methyl/N-ethyl adjacent to an activating group) is 1. The van der Waals surface area contributed by atoms with Crippen LogP contribution in [0.25, 0.3) is 16.7 Å². The predicted molar refractivity (Wildman–Crippen MR) is 140 cm³/mol. The number of ether oxygens (including phenoxy) is 1. The zero-order valence-corrected chi connectivity index (χ0v) is 20.9. The minimum absolute atomic E-state index is 0.000683. The Morgan fingerprint density at radius 2 is 1.89 bits per heavy atom. The van der Waals surface area contributed by atoms with Crippen LogP contribution in [-0.4, -0.2) is 82.3 Å². The van der Waals surface area contributed by atoms with Gasteiger partial charge in [-0.05, 0) is 36.9 Å². The van der Waals surface area contributed by atoms with E-state index in [9.17, 15) is 4.79 Å². The van der Waals surface area contributed by atoms with Crippen molar-refractivity contribution in [1.29, 1.82) is 0 Å². The molecular formula is C26H29N9O2. The summed E-state index contributed by atoms with van der Waals surface area (Å²) in [4.78, 5) is 25.5. The second-order valence-electron chi connectivity index (χ2n) is 8.92. The molecule has 1 aliphatic heterocycles. The van der Waals surface area contributed by atoms with Gasteiger partial charge in [0.1, 0.15) is 12.1 Å². The second kappa shape index (κ2) is 11.2. The molecule has 1 aliphatic rings. The number of amides is 1. The van der Waals surface area contributed by atoms with Gasteiger partial charge in [0.2, 0.25) is 5.91 Å². The van der Waals surface area contributed by atoms with Crippen LogP contribution in [0, 0.1) is 0 Å². The fourth-order valence-corrected chi connectivity index (χ4v) is 4.13. The van der Waals surface area contributed by atoms with Gasteiger partial charge in [-0.25, -0.2) is 14.6 Å². The van der Waals surface area contributed by atoms with E-state index in [-0.39, 0.29) is 5.91 Å². The van der Waals surface area contributed by atoms with Gasteiger partial charge in [-0.15, -0.1) is 5.11 Å². The van der Waals surface area contributed by atoms with E-state index in [0.717, 1.165) is 48.9 Å². The maximum absolute atomic E-state index is 12.4. The van der Waals surface area contributed by atoms with Crippen molar-refractivity contribution < 1.29 is 9.53 Å². The lowest BCUT2D eigenvalue weighted by Gasteiger charge is -2.31.